The standard InChI is InChI=1S/C7H15NO/c9-6-7-3-1-2-4-8-5-7/h7-9H,1-6H2/t7-/m1/s1. The van der Waals surface area contributed by atoms with E-state index < -0.39 is 0 Å². The molecule has 0 aliphatic carbocycles. The lowest BCUT2D eigenvalue weighted by Gasteiger charge is -2.08. The van der Waals surface area contributed by atoms with Crippen molar-refractivity contribution < 1.29 is 5.11 Å². The summed E-state index contributed by atoms with van der Waals surface area (Å²) < 4.78 is 0. The van der Waals surface area contributed by atoms with Gasteiger partial charge in [-0.25, -0.2) is 0 Å². The highest BCUT2D eigenvalue weighted by Crippen LogP contribution is 2.09. The van der Waals surface area contributed by atoms with Crippen molar-refractivity contribution in [1.82, 2.24) is 5.32 Å². The van der Waals surface area contributed by atoms with Crippen LogP contribution in [0.4, 0.5) is 0 Å². The number of hydrogen-bond donors (Lipinski definition) is 2. The van der Waals surface area contributed by atoms with Crippen molar-refractivity contribution in [2.75, 3.05) is 19.7 Å². The second kappa shape index (κ2) is 3.85. The fourth-order valence-electron chi connectivity index (χ4n) is 1.25. The van der Waals surface area contributed by atoms with Crippen LogP contribution in [-0.2, 0) is 0 Å². The van der Waals surface area contributed by atoms with Crippen LogP contribution in [0.25, 0.3) is 0 Å². The number of nitrogens with one attached hydrogen (secondary N) is 1. The predicted molar refractivity (Wildman–Crippen MR) is 37.3 cm³/mol. The van der Waals surface area contributed by atoms with E-state index in [1.54, 1.807) is 0 Å². The van der Waals surface area contributed by atoms with Crippen molar-refractivity contribution in [1.29, 1.82) is 0 Å². The van der Waals surface area contributed by atoms with E-state index in [2.05, 4.69) is 5.32 Å². The summed E-state index contributed by atoms with van der Waals surface area (Å²) in [5.41, 5.74) is 0. The molecule has 1 heterocycles. The minimum absolute atomic E-state index is 0.354. The molecule has 2 N–H and O–H groups in total. The SMILES string of the molecule is OC[C@@H]1CCCCNC1. The molecule has 0 bridgehead atoms. The molecule has 0 unspecified atom stereocenters. The molecular formula is C7H15NO. The Morgan fingerprint density at radius 3 is 3.11 bits per heavy atom. The maximum Gasteiger partial charge on any atom is 0.0471 e. The maximum absolute atomic E-state index is 8.78. The van der Waals surface area contributed by atoms with Crippen molar-refractivity contribution >= 4 is 0 Å². The van der Waals surface area contributed by atoms with Gasteiger partial charge in [-0.15, -0.1) is 0 Å². The minimum Gasteiger partial charge on any atom is -0.396 e. The minimum atomic E-state index is 0.354. The van der Waals surface area contributed by atoms with Crippen LogP contribution in [0.2, 0.25) is 0 Å². The van der Waals surface area contributed by atoms with E-state index in [-0.39, 0.29) is 0 Å². The van der Waals surface area contributed by atoms with Crippen LogP contribution < -0.4 is 5.32 Å². The molecule has 1 rings (SSSR count). The monoisotopic (exact) mass is 129 g/mol. The highest BCUT2D eigenvalue weighted by Gasteiger charge is 2.08. The summed E-state index contributed by atoms with van der Waals surface area (Å²) >= 11 is 0. The third kappa shape index (κ3) is 2.33. The average molecular weight is 129 g/mol. The first-order valence-corrected chi connectivity index (χ1v) is 3.75. The van der Waals surface area contributed by atoms with Gasteiger partial charge in [0, 0.05) is 13.2 Å². The predicted octanol–water partition coefficient (Wildman–Crippen LogP) is 0.368. The molecule has 9 heavy (non-hydrogen) atoms. The highest BCUT2D eigenvalue weighted by atomic mass is 16.3. The Morgan fingerprint density at radius 2 is 2.33 bits per heavy atom. The summed E-state index contributed by atoms with van der Waals surface area (Å²) in [5, 5.41) is 12.1. The second-order valence-electron chi connectivity index (χ2n) is 2.75. The number of hydrogen-bond acceptors (Lipinski definition) is 2. The highest BCUT2D eigenvalue weighted by molar-refractivity contribution is 4.65. The summed E-state index contributed by atoms with van der Waals surface area (Å²) in [6.07, 6.45) is 3.75. The Morgan fingerprint density at radius 1 is 1.44 bits per heavy atom. The van der Waals surface area contributed by atoms with Crippen molar-refractivity contribution in [3.63, 3.8) is 0 Å². The Bertz CT molecular complexity index is 67.3. The lowest BCUT2D eigenvalue weighted by Crippen LogP contribution is -2.22. The van der Waals surface area contributed by atoms with Gasteiger partial charge in [0.15, 0.2) is 0 Å². The summed E-state index contributed by atoms with van der Waals surface area (Å²) in [7, 11) is 0. The van der Waals surface area contributed by atoms with Gasteiger partial charge in [0.25, 0.3) is 0 Å². The van der Waals surface area contributed by atoms with Gasteiger partial charge in [0.1, 0.15) is 0 Å². The third-order valence-corrected chi connectivity index (χ3v) is 1.91. The smallest absolute Gasteiger partial charge is 0.0471 e. The van der Waals surface area contributed by atoms with E-state index in [9.17, 15) is 0 Å². The van der Waals surface area contributed by atoms with Gasteiger partial charge in [-0.1, -0.05) is 6.42 Å². The molecule has 54 valence electrons. The second-order valence-corrected chi connectivity index (χ2v) is 2.75. The topological polar surface area (TPSA) is 32.3 Å². The maximum atomic E-state index is 8.78. The molecule has 1 aliphatic heterocycles. The van der Waals surface area contributed by atoms with Gasteiger partial charge in [-0.3, -0.25) is 0 Å². The molecule has 1 fully saturated rings. The van der Waals surface area contributed by atoms with Crippen LogP contribution in [-0.4, -0.2) is 24.8 Å². The van der Waals surface area contributed by atoms with Crippen LogP contribution in [0.5, 0.6) is 0 Å². The summed E-state index contributed by atoms with van der Waals surface area (Å²) in [5.74, 6) is 0.521. The Kier molecular flexibility index (Phi) is 3.01. The Hall–Kier alpha value is -0.0800. The van der Waals surface area contributed by atoms with E-state index >= 15 is 0 Å². The number of aliphatic hydroxyl groups excluding tert-OH is 1. The molecule has 0 amide bonds. The van der Waals surface area contributed by atoms with Crippen LogP contribution in [0, 0.1) is 5.92 Å². The number of rotatable bonds is 1. The van der Waals surface area contributed by atoms with Gasteiger partial charge < -0.3 is 10.4 Å². The summed E-state index contributed by atoms with van der Waals surface area (Å²) in [6, 6.07) is 0. The van der Waals surface area contributed by atoms with Crippen molar-refractivity contribution in [3.8, 4) is 0 Å². The summed E-state index contributed by atoms with van der Waals surface area (Å²) in [4.78, 5) is 0. The Labute approximate surface area is 56.3 Å². The van der Waals surface area contributed by atoms with Crippen LogP contribution in [0.1, 0.15) is 19.3 Å². The largest absolute Gasteiger partial charge is 0.396 e. The van der Waals surface area contributed by atoms with Crippen molar-refractivity contribution in [2.45, 2.75) is 19.3 Å². The van der Waals surface area contributed by atoms with Gasteiger partial charge in [-0.2, -0.15) is 0 Å². The fourth-order valence-corrected chi connectivity index (χ4v) is 1.25. The van der Waals surface area contributed by atoms with Gasteiger partial charge in [-0.05, 0) is 25.3 Å². The Balaban J connectivity index is 2.18. The number of aliphatic hydroxyl groups is 1. The fraction of sp³-hybridized carbons (Fsp3) is 1.00. The lowest BCUT2D eigenvalue weighted by atomic mass is 10.1. The normalized spacial score (nSPS) is 29.7. The molecule has 0 aromatic carbocycles. The van der Waals surface area contributed by atoms with Crippen LogP contribution in [0.3, 0.4) is 0 Å². The molecule has 0 saturated carbocycles. The first-order valence-electron chi connectivity index (χ1n) is 3.75. The van der Waals surface area contributed by atoms with E-state index in [1.807, 2.05) is 0 Å². The van der Waals surface area contributed by atoms with Crippen molar-refractivity contribution in [3.05, 3.63) is 0 Å². The molecule has 0 aromatic rings. The molecule has 2 nitrogen and oxygen atoms in total. The van der Waals surface area contributed by atoms with Crippen molar-refractivity contribution in [2.24, 2.45) is 5.92 Å². The molecule has 0 aromatic heterocycles. The van der Waals surface area contributed by atoms with Gasteiger partial charge in [0.2, 0.25) is 0 Å². The van der Waals surface area contributed by atoms with Gasteiger partial charge >= 0.3 is 0 Å². The van der Waals surface area contributed by atoms with Crippen LogP contribution >= 0.6 is 0 Å². The summed E-state index contributed by atoms with van der Waals surface area (Å²) in [6.45, 7) is 2.50. The van der Waals surface area contributed by atoms with E-state index in [0.717, 1.165) is 13.1 Å². The lowest BCUT2D eigenvalue weighted by molar-refractivity contribution is 0.220. The average Bonchev–Trinajstić information content (AvgIpc) is 2.13. The molecule has 0 radical (unpaired) electrons. The molecular weight excluding hydrogens is 114 g/mol. The zero-order valence-electron chi connectivity index (χ0n) is 5.77. The zero-order chi connectivity index (χ0) is 6.53. The quantitative estimate of drug-likeness (QED) is 0.536. The molecule has 1 atom stereocenters. The van der Waals surface area contributed by atoms with Crippen LogP contribution in [0.15, 0.2) is 0 Å². The van der Waals surface area contributed by atoms with E-state index in [4.69, 9.17) is 5.11 Å². The third-order valence-electron chi connectivity index (χ3n) is 1.91. The molecule has 0 spiro atoms. The molecule has 2 heteroatoms. The first kappa shape index (κ1) is 7.03. The van der Waals surface area contributed by atoms with E-state index in [0.29, 0.717) is 12.5 Å². The molecule has 1 aliphatic rings. The van der Waals surface area contributed by atoms with Gasteiger partial charge in [0.05, 0.1) is 0 Å². The zero-order valence-corrected chi connectivity index (χ0v) is 5.77. The van der Waals surface area contributed by atoms with E-state index in [1.165, 1.54) is 19.3 Å². The first-order chi connectivity index (χ1) is 4.43. The molecule has 1 saturated heterocycles.